The molecule has 0 atom stereocenters. The number of carbonyl (C=O) groups is 1. The van der Waals surface area contributed by atoms with Crippen molar-refractivity contribution in [3.8, 4) is 0 Å². The molecule has 0 aliphatic carbocycles. The highest BCUT2D eigenvalue weighted by Crippen LogP contribution is 2.16. The molecule has 1 N–H and O–H groups in total. The molecule has 1 aromatic heterocycles. The SMILES string of the molecule is CCOC(=O)c1c[nH]c(N2CCCCC2)n1. The van der Waals surface area contributed by atoms with Crippen molar-refractivity contribution in [1.29, 1.82) is 0 Å². The number of H-pyrrole nitrogens is 1. The van der Waals surface area contributed by atoms with Gasteiger partial charge in [0.2, 0.25) is 5.95 Å². The first-order valence-electron chi connectivity index (χ1n) is 5.78. The lowest BCUT2D eigenvalue weighted by Gasteiger charge is -2.25. The van der Waals surface area contributed by atoms with Crippen LogP contribution in [0, 0.1) is 0 Å². The number of nitrogens with one attached hydrogen (secondary N) is 1. The Labute approximate surface area is 94.8 Å². The number of piperidine rings is 1. The number of aromatic amines is 1. The van der Waals surface area contributed by atoms with Crippen molar-refractivity contribution in [2.75, 3.05) is 24.6 Å². The van der Waals surface area contributed by atoms with E-state index in [1.165, 1.54) is 19.3 Å². The molecule has 0 radical (unpaired) electrons. The first-order valence-corrected chi connectivity index (χ1v) is 5.78. The topological polar surface area (TPSA) is 58.2 Å². The summed E-state index contributed by atoms with van der Waals surface area (Å²) in [6.45, 7) is 4.19. The van der Waals surface area contributed by atoms with Gasteiger partial charge in [0.05, 0.1) is 6.61 Å². The van der Waals surface area contributed by atoms with Gasteiger partial charge in [-0.25, -0.2) is 9.78 Å². The van der Waals surface area contributed by atoms with Crippen LogP contribution in [0.2, 0.25) is 0 Å². The third-order valence-corrected chi connectivity index (χ3v) is 2.70. The lowest BCUT2D eigenvalue weighted by atomic mass is 10.1. The van der Waals surface area contributed by atoms with E-state index in [-0.39, 0.29) is 5.97 Å². The highest BCUT2D eigenvalue weighted by atomic mass is 16.5. The van der Waals surface area contributed by atoms with Gasteiger partial charge in [0.1, 0.15) is 0 Å². The Hall–Kier alpha value is -1.52. The molecule has 88 valence electrons. The highest BCUT2D eigenvalue weighted by molar-refractivity contribution is 5.87. The number of nitrogens with zero attached hydrogens (tertiary/aromatic N) is 2. The quantitative estimate of drug-likeness (QED) is 0.790. The lowest BCUT2D eigenvalue weighted by molar-refractivity contribution is 0.0520. The predicted molar refractivity (Wildman–Crippen MR) is 60.6 cm³/mol. The van der Waals surface area contributed by atoms with Gasteiger partial charge in [-0.2, -0.15) is 0 Å². The molecule has 0 saturated carbocycles. The summed E-state index contributed by atoms with van der Waals surface area (Å²) in [4.78, 5) is 20.9. The van der Waals surface area contributed by atoms with Crippen molar-refractivity contribution in [1.82, 2.24) is 9.97 Å². The van der Waals surface area contributed by atoms with Crippen molar-refractivity contribution < 1.29 is 9.53 Å². The summed E-state index contributed by atoms with van der Waals surface area (Å²) in [6.07, 6.45) is 5.27. The molecule has 2 heterocycles. The summed E-state index contributed by atoms with van der Waals surface area (Å²) in [7, 11) is 0. The van der Waals surface area contributed by atoms with Gasteiger partial charge in [-0.1, -0.05) is 0 Å². The fraction of sp³-hybridized carbons (Fsp3) is 0.636. The second-order valence-corrected chi connectivity index (χ2v) is 3.88. The molecule has 16 heavy (non-hydrogen) atoms. The van der Waals surface area contributed by atoms with E-state index in [1.54, 1.807) is 13.1 Å². The number of esters is 1. The Morgan fingerprint density at radius 3 is 2.94 bits per heavy atom. The van der Waals surface area contributed by atoms with Crippen molar-refractivity contribution in [2.45, 2.75) is 26.2 Å². The fourth-order valence-electron chi connectivity index (χ4n) is 1.89. The average molecular weight is 223 g/mol. The van der Waals surface area contributed by atoms with Gasteiger partial charge in [-0.3, -0.25) is 0 Å². The molecule has 0 spiro atoms. The zero-order valence-electron chi connectivity index (χ0n) is 9.53. The Morgan fingerprint density at radius 1 is 1.50 bits per heavy atom. The van der Waals surface area contributed by atoms with Crippen molar-refractivity contribution in [3.05, 3.63) is 11.9 Å². The average Bonchev–Trinajstić information content (AvgIpc) is 2.80. The van der Waals surface area contributed by atoms with Crippen LogP contribution in [0.4, 0.5) is 5.95 Å². The van der Waals surface area contributed by atoms with Crippen LogP contribution in [0.5, 0.6) is 0 Å². The Bertz CT molecular complexity index is 356. The highest BCUT2D eigenvalue weighted by Gasteiger charge is 2.16. The van der Waals surface area contributed by atoms with Crippen LogP contribution >= 0.6 is 0 Å². The van der Waals surface area contributed by atoms with E-state index < -0.39 is 0 Å². The van der Waals surface area contributed by atoms with E-state index >= 15 is 0 Å². The minimum Gasteiger partial charge on any atom is -0.461 e. The summed E-state index contributed by atoms with van der Waals surface area (Å²) in [5.41, 5.74) is 0.363. The third-order valence-electron chi connectivity index (χ3n) is 2.70. The number of hydrogen-bond donors (Lipinski definition) is 1. The Kier molecular flexibility index (Phi) is 3.44. The van der Waals surface area contributed by atoms with Crippen LogP contribution in [0.3, 0.4) is 0 Å². The maximum absolute atomic E-state index is 11.4. The molecule has 0 aromatic carbocycles. The fourth-order valence-corrected chi connectivity index (χ4v) is 1.89. The molecule has 5 heteroatoms. The molecule has 0 amide bonds. The summed E-state index contributed by atoms with van der Waals surface area (Å²) in [5, 5.41) is 0. The summed E-state index contributed by atoms with van der Waals surface area (Å²) in [5.74, 6) is 0.421. The summed E-state index contributed by atoms with van der Waals surface area (Å²) >= 11 is 0. The van der Waals surface area contributed by atoms with Gasteiger partial charge in [0.15, 0.2) is 5.69 Å². The number of ether oxygens (including phenoxy) is 1. The number of hydrogen-bond acceptors (Lipinski definition) is 4. The van der Waals surface area contributed by atoms with Crippen LogP contribution < -0.4 is 4.90 Å². The number of imidazole rings is 1. The van der Waals surface area contributed by atoms with Crippen molar-refractivity contribution >= 4 is 11.9 Å². The van der Waals surface area contributed by atoms with Gasteiger partial charge in [-0.15, -0.1) is 0 Å². The van der Waals surface area contributed by atoms with Crippen LogP contribution in [0.1, 0.15) is 36.7 Å². The first-order chi connectivity index (χ1) is 7.81. The minimum absolute atomic E-state index is 0.359. The molecule has 5 nitrogen and oxygen atoms in total. The molecular formula is C11H17N3O2. The van der Waals surface area contributed by atoms with E-state index in [2.05, 4.69) is 14.9 Å². The molecule has 1 aliphatic rings. The normalized spacial score (nSPS) is 16.2. The molecular weight excluding hydrogens is 206 g/mol. The zero-order chi connectivity index (χ0) is 11.4. The first kappa shape index (κ1) is 11.0. The van der Waals surface area contributed by atoms with E-state index in [9.17, 15) is 4.79 Å². The molecule has 0 unspecified atom stereocenters. The maximum atomic E-state index is 11.4. The van der Waals surface area contributed by atoms with Gasteiger partial charge in [0.25, 0.3) is 0 Å². The number of carbonyl (C=O) groups excluding carboxylic acids is 1. The number of anilines is 1. The maximum Gasteiger partial charge on any atom is 0.358 e. The van der Waals surface area contributed by atoms with Gasteiger partial charge in [-0.05, 0) is 26.2 Å². The van der Waals surface area contributed by atoms with Crippen LogP contribution in [0.15, 0.2) is 6.20 Å². The molecule has 1 saturated heterocycles. The number of aromatic nitrogens is 2. The molecule has 1 aliphatic heterocycles. The van der Waals surface area contributed by atoms with Gasteiger partial charge in [0, 0.05) is 19.3 Å². The van der Waals surface area contributed by atoms with E-state index in [0.29, 0.717) is 12.3 Å². The monoisotopic (exact) mass is 223 g/mol. The zero-order valence-corrected chi connectivity index (χ0v) is 9.53. The molecule has 2 rings (SSSR count). The second kappa shape index (κ2) is 5.01. The Morgan fingerprint density at radius 2 is 2.25 bits per heavy atom. The lowest BCUT2D eigenvalue weighted by Crippen LogP contribution is -2.30. The molecule has 1 fully saturated rings. The van der Waals surface area contributed by atoms with Crippen LogP contribution in [-0.4, -0.2) is 35.6 Å². The summed E-state index contributed by atoms with van der Waals surface area (Å²) < 4.78 is 4.89. The third kappa shape index (κ3) is 2.35. The molecule has 0 bridgehead atoms. The van der Waals surface area contributed by atoms with E-state index in [0.717, 1.165) is 19.0 Å². The standard InChI is InChI=1S/C11H17N3O2/c1-2-16-10(15)9-8-12-11(13-9)14-6-4-3-5-7-14/h8H,2-7H2,1H3,(H,12,13). The molecule has 1 aromatic rings. The summed E-state index contributed by atoms with van der Waals surface area (Å²) in [6, 6.07) is 0. The number of rotatable bonds is 3. The largest absolute Gasteiger partial charge is 0.461 e. The van der Waals surface area contributed by atoms with Crippen LogP contribution in [-0.2, 0) is 4.74 Å². The Balaban J connectivity index is 2.03. The van der Waals surface area contributed by atoms with Gasteiger partial charge < -0.3 is 14.6 Å². The predicted octanol–water partition coefficient (Wildman–Crippen LogP) is 1.58. The van der Waals surface area contributed by atoms with Crippen molar-refractivity contribution in [3.63, 3.8) is 0 Å². The van der Waals surface area contributed by atoms with Gasteiger partial charge >= 0.3 is 5.97 Å². The van der Waals surface area contributed by atoms with Crippen molar-refractivity contribution in [2.24, 2.45) is 0 Å². The minimum atomic E-state index is -0.359. The smallest absolute Gasteiger partial charge is 0.358 e. The second-order valence-electron chi connectivity index (χ2n) is 3.88. The van der Waals surface area contributed by atoms with E-state index in [4.69, 9.17) is 4.74 Å². The van der Waals surface area contributed by atoms with E-state index in [1.807, 2.05) is 0 Å². The van der Waals surface area contributed by atoms with Crippen LogP contribution in [0.25, 0.3) is 0 Å².